The van der Waals surface area contributed by atoms with Crippen LogP contribution in [0.2, 0.25) is 0 Å². The monoisotopic (exact) mass is 428 g/mol. The second-order valence-electron chi connectivity index (χ2n) is 10.5. The summed E-state index contributed by atoms with van der Waals surface area (Å²) in [5.41, 5.74) is 0.868. The minimum absolute atomic E-state index is 0.0673. The summed E-state index contributed by atoms with van der Waals surface area (Å²) in [6, 6.07) is 0. The van der Waals surface area contributed by atoms with E-state index in [1.165, 1.54) is 11.1 Å². The average Bonchev–Trinajstić information content (AvgIpc) is 3.05. The number of ether oxygens (including phenoxy) is 1. The van der Waals surface area contributed by atoms with Gasteiger partial charge in [-0.3, -0.25) is 14.4 Å². The standard InChI is InChI=1S/C26H36O5/c1-4-5-6-23(30)31-26(22(29)16-27)14-11-21-19-8-7-17-15-18(28)9-12-24(17,2)20(19)10-13-25(21,26)3/h10,15,19,21,27H,4-9,11-14,16H2,1-3H3/t19-,21-,24-,25-,26-/m0/s1. The van der Waals surface area contributed by atoms with Crippen molar-refractivity contribution >= 4 is 17.5 Å². The number of rotatable bonds is 6. The number of hydrogen-bond acceptors (Lipinski definition) is 5. The van der Waals surface area contributed by atoms with Crippen LogP contribution in [-0.2, 0) is 19.1 Å². The maximum atomic E-state index is 13.1. The summed E-state index contributed by atoms with van der Waals surface area (Å²) in [4.78, 5) is 37.8. The van der Waals surface area contributed by atoms with Crippen LogP contribution in [0.5, 0.6) is 0 Å². The third-order valence-corrected chi connectivity index (χ3v) is 9.07. The van der Waals surface area contributed by atoms with Gasteiger partial charge in [-0.25, -0.2) is 0 Å². The number of allylic oxidation sites excluding steroid dienone is 4. The zero-order chi connectivity index (χ0) is 22.4. The van der Waals surface area contributed by atoms with Crippen molar-refractivity contribution in [3.8, 4) is 0 Å². The van der Waals surface area contributed by atoms with Crippen molar-refractivity contribution in [2.45, 2.75) is 90.6 Å². The summed E-state index contributed by atoms with van der Waals surface area (Å²) in [5, 5.41) is 9.81. The predicted molar refractivity (Wildman–Crippen MR) is 117 cm³/mol. The number of carbonyl (C=O) groups is 3. The zero-order valence-corrected chi connectivity index (χ0v) is 19.2. The van der Waals surface area contributed by atoms with E-state index in [4.69, 9.17) is 4.74 Å². The van der Waals surface area contributed by atoms with E-state index in [9.17, 15) is 19.5 Å². The Labute approximate surface area is 185 Å². The molecule has 5 heteroatoms. The van der Waals surface area contributed by atoms with Crippen LogP contribution in [-0.4, -0.2) is 34.9 Å². The lowest BCUT2D eigenvalue weighted by atomic mass is 9.50. The van der Waals surface area contributed by atoms with E-state index in [1.54, 1.807) is 0 Å². The Hall–Kier alpha value is -1.75. The molecule has 0 aromatic rings. The number of aliphatic hydroxyl groups excluding tert-OH is 1. The first kappa shape index (κ1) is 22.4. The highest BCUT2D eigenvalue weighted by Gasteiger charge is 2.66. The first-order valence-corrected chi connectivity index (χ1v) is 12.0. The fourth-order valence-electron chi connectivity index (χ4n) is 7.23. The van der Waals surface area contributed by atoms with Gasteiger partial charge in [-0.15, -0.1) is 0 Å². The largest absolute Gasteiger partial charge is 0.450 e. The normalized spacial score (nSPS) is 39.0. The van der Waals surface area contributed by atoms with Gasteiger partial charge in [-0.2, -0.15) is 0 Å². The van der Waals surface area contributed by atoms with Gasteiger partial charge in [0, 0.05) is 23.7 Å². The molecule has 0 aromatic carbocycles. The summed E-state index contributed by atoms with van der Waals surface area (Å²) in [5.74, 6) is 0.117. The number of unbranched alkanes of at least 4 members (excludes halogenated alkanes) is 1. The Kier molecular flexibility index (Phi) is 5.78. The molecule has 0 bridgehead atoms. The molecule has 0 saturated heterocycles. The van der Waals surface area contributed by atoms with Gasteiger partial charge >= 0.3 is 5.97 Å². The summed E-state index contributed by atoms with van der Waals surface area (Å²) < 4.78 is 6.02. The second kappa shape index (κ2) is 7.99. The molecule has 2 saturated carbocycles. The van der Waals surface area contributed by atoms with Crippen LogP contribution >= 0.6 is 0 Å². The van der Waals surface area contributed by atoms with Crippen molar-refractivity contribution < 1.29 is 24.2 Å². The van der Waals surface area contributed by atoms with Crippen LogP contribution < -0.4 is 0 Å². The zero-order valence-electron chi connectivity index (χ0n) is 19.2. The van der Waals surface area contributed by atoms with Gasteiger partial charge in [0.05, 0.1) is 0 Å². The van der Waals surface area contributed by atoms with Crippen LogP contribution in [0.3, 0.4) is 0 Å². The van der Waals surface area contributed by atoms with E-state index in [2.05, 4.69) is 19.9 Å². The maximum Gasteiger partial charge on any atom is 0.306 e. The molecule has 4 aliphatic rings. The molecule has 0 spiro atoms. The van der Waals surface area contributed by atoms with Crippen molar-refractivity contribution in [3.05, 3.63) is 23.3 Å². The van der Waals surface area contributed by atoms with E-state index >= 15 is 0 Å². The number of aliphatic hydroxyl groups is 1. The maximum absolute atomic E-state index is 13.1. The molecule has 0 aliphatic heterocycles. The van der Waals surface area contributed by atoms with Gasteiger partial charge in [0.15, 0.2) is 11.4 Å². The van der Waals surface area contributed by atoms with Crippen molar-refractivity contribution in [3.63, 3.8) is 0 Å². The van der Waals surface area contributed by atoms with Gasteiger partial charge in [0.2, 0.25) is 5.78 Å². The van der Waals surface area contributed by atoms with E-state index in [0.29, 0.717) is 31.6 Å². The van der Waals surface area contributed by atoms with Crippen LogP contribution in [0, 0.1) is 22.7 Å². The lowest BCUT2D eigenvalue weighted by Crippen LogP contribution is -2.57. The fraction of sp³-hybridized carbons (Fsp3) is 0.731. The molecule has 170 valence electrons. The highest BCUT2D eigenvalue weighted by Crippen LogP contribution is 2.66. The third-order valence-electron chi connectivity index (χ3n) is 9.07. The third kappa shape index (κ3) is 3.26. The molecule has 5 atom stereocenters. The molecule has 5 nitrogen and oxygen atoms in total. The Morgan fingerprint density at radius 1 is 1.19 bits per heavy atom. The SMILES string of the molecule is CCCCC(=O)O[C@]1(C(=O)CO)CC[C@H]2[C@H]3CCC4=CC(=O)CC[C@]4(C)C3=CC[C@@]21C. The molecule has 4 aliphatic carbocycles. The first-order valence-electron chi connectivity index (χ1n) is 12.0. The summed E-state index contributed by atoms with van der Waals surface area (Å²) >= 11 is 0. The van der Waals surface area contributed by atoms with E-state index < -0.39 is 17.6 Å². The number of ketones is 2. The van der Waals surface area contributed by atoms with Crippen molar-refractivity contribution in [2.75, 3.05) is 6.61 Å². The predicted octanol–water partition coefficient (Wildman–Crippen LogP) is 4.47. The van der Waals surface area contributed by atoms with Crippen LogP contribution in [0.4, 0.5) is 0 Å². The number of carbonyl (C=O) groups excluding carboxylic acids is 3. The molecular formula is C26H36O5. The highest BCUT2D eigenvalue weighted by atomic mass is 16.6. The Morgan fingerprint density at radius 2 is 1.97 bits per heavy atom. The molecule has 0 amide bonds. The molecule has 0 aromatic heterocycles. The molecule has 0 radical (unpaired) electrons. The summed E-state index contributed by atoms with van der Waals surface area (Å²) in [6.45, 7) is 5.79. The van der Waals surface area contributed by atoms with Gasteiger partial charge in [-0.05, 0) is 62.9 Å². The van der Waals surface area contributed by atoms with Crippen molar-refractivity contribution in [1.82, 2.24) is 0 Å². The quantitative estimate of drug-likeness (QED) is 0.499. The Morgan fingerprint density at radius 3 is 2.68 bits per heavy atom. The van der Waals surface area contributed by atoms with E-state index in [0.717, 1.165) is 38.5 Å². The fourth-order valence-corrected chi connectivity index (χ4v) is 7.23. The average molecular weight is 429 g/mol. The van der Waals surface area contributed by atoms with Crippen molar-refractivity contribution in [1.29, 1.82) is 0 Å². The van der Waals surface area contributed by atoms with Gasteiger partial charge in [0.1, 0.15) is 6.61 Å². The van der Waals surface area contributed by atoms with Crippen LogP contribution in [0.15, 0.2) is 23.3 Å². The topological polar surface area (TPSA) is 80.7 Å². The Balaban J connectivity index is 1.70. The molecular weight excluding hydrogens is 392 g/mol. The van der Waals surface area contributed by atoms with Gasteiger partial charge < -0.3 is 9.84 Å². The molecule has 4 rings (SSSR count). The van der Waals surface area contributed by atoms with Crippen LogP contribution in [0.25, 0.3) is 0 Å². The molecule has 2 fully saturated rings. The Bertz CT molecular complexity index is 854. The molecule has 31 heavy (non-hydrogen) atoms. The number of fused-ring (bicyclic) bond motifs is 5. The first-order chi connectivity index (χ1) is 14.7. The lowest BCUT2D eigenvalue weighted by molar-refractivity contribution is -0.185. The van der Waals surface area contributed by atoms with Gasteiger partial charge in [-0.1, -0.05) is 44.4 Å². The molecule has 0 unspecified atom stereocenters. The van der Waals surface area contributed by atoms with Crippen molar-refractivity contribution in [2.24, 2.45) is 22.7 Å². The number of Topliss-reactive ketones (excluding diaryl/α,β-unsaturated/α-hetero) is 1. The minimum Gasteiger partial charge on any atom is -0.450 e. The summed E-state index contributed by atoms with van der Waals surface area (Å²) in [6.07, 6.45) is 11.4. The molecule has 1 N–H and O–H groups in total. The smallest absolute Gasteiger partial charge is 0.306 e. The number of esters is 1. The van der Waals surface area contributed by atoms with Crippen LogP contribution in [0.1, 0.15) is 85.0 Å². The number of hydrogen-bond donors (Lipinski definition) is 1. The second-order valence-corrected chi connectivity index (χ2v) is 10.5. The molecule has 0 heterocycles. The summed E-state index contributed by atoms with van der Waals surface area (Å²) in [7, 11) is 0. The minimum atomic E-state index is -1.24. The van der Waals surface area contributed by atoms with Gasteiger partial charge in [0.25, 0.3) is 0 Å². The van der Waals surface area contributed by atoms with E-state index in [-0.39, 0.29) is 28.9 Å². The highest BCUT2D eigenvalue weighted by molar-refractivity contribution is 5.93. The lowest BCUT2D eigenvalue weighted by Gasteiger charge is -2.55. The van der Waals surface area contributed by atoms with E-state index in [1.807, 2.05) is 13.0 Å².